The topological polar surface area (TPSA) is 384 Å². The number of rotatable bonds is 14. The summed E-state index contributed by atoms with van der Waals surface area (Å²) >= 11 is 0. The Bertz CT molecular complexity index is 2440. The molecule has 3 fully saturated rings. The number of esters is 1. The van der Waals surface area contributed by atoms with Gasteiger partial charge in [0.25, 0.3) is 0 Å². The molecule has 0 aliphatic carbocycles. The molecule has 13 N–H and O–H groups in total. The van der Waals surface area contributed by atoms with Crippen LogP contribution in [0.1, 0.15) is 5.56 Å². The van der Waals surface area contributed by atoms with E-state index in [2.05, 4.69) is 0 Å². The minimum atomic E-state index is -2.04. The molecule has 24 nitrogen and oxygen atoms in total. The maximum absolute atomic E-state index is 14.4. The lowest BCUT2D eigenvalue weighted by Crippen LogP contribution is -2.65. The Morgan fingerprint density at radius 3 is 1.94 bits per heavy atom. The summed E-state index contributed by atoms with van der Waals surface area (Å²) in [5, 5.41) is 136. The fourth-order valence-corrected chi connectivity index (χ4v) is 7.44. The van der Waals surface area contributed by atoms with Gasteiger partial charge in [0.2, 0.25) is 23.8 Å². The smallest absolute Gasteiger partial charge is 0.330 e. The van der Waals surface area contributed by atoms with Crippen molar-refractivity contribution in [3.05, 3.63) is 76.5 Å². The van der Waals surface area contributed by atoms with Crippen molar-refractivity contribution in [3.8, 4) is 45.8 Å². The number of aromatic hydroxyl groups is 3. The Balaban J connectivity index is 1.17. The molecule has 7 rings (SSSR count). The van der Waals surface area contributed by atoms with Gasteiger partial charge in [0.1, 0.15) is 102 Å². The molecule has 24 heteroatoms. The molecule has 0 amide bonds. The summed E-state index contributed by atoms with van der Waals surface area (Å²) in [4.78, 5) is 27.0. The Labute approximate surface area is 377 Å². The highest BCUT2D eigenvalue weighted by molar-refractivity contribution is 5.88. The molecule has 4 heterocycles. The van der Waals surface area contributed by atoms with Crippen LogP contribution in [0.25, 0.3) is 28.4 Å². The third-order valence-electron chi connectivity index (χ3n) is 11.2. The SMILES string of the molecule is COc1cc(C=CC(=O)OCC2OC(Oc3cc(O)c4c(=O)c(OC5OC(CO)C(O)C(O)C5OC5OC(CO)C(O)C(O)C5O)c(-c5ccc(O)cc5)oc4c3)C(O)C(O)C2O)ccc1O. The van der Waals surface area contributed by atoms with E-state index in [1.165, 1.54) is 55.7 Å². The number of aliphatic hydroxyl groups excluding tert-OH is 10. The van der Waals surface area contributed by atoms with E-state index in [9.17, 15) is 76.0 Å². The minimum absolute atomic E-state index is 0.0392. The van der Waals surface area contributed by atoms with Crippen molar-refractivity contribution >= 4 is 23.0 Å². The number of carbonyl (C=O) groups excluding carboxylic acids is 1. The number of hydrogen-bond donors (Lipinski definition) is 13. The van der Waals surface area contributed by atoms with Crippen molar-refractivity contribution in [2.24, 2.45) is 0 Å². The first-order valence-corrected chi connectivity index (χ1v) is 20.4. The first-order chi connectivity index (χ1) is 31.9. The largest absolute Gasteiger partial charge is 0.508 e. The normalized spacial score (nSPS) is 32.3. The molecular formula is C43H48O24. The summed E-state index contributed by atoms with van der Waals surface area (Å²) < 4.78 is 50.6. The van der Waals surface area contributed by atoms with E-state index in [0.717, 1.165) is 18.2 Å². The average Bonchev–Trinajstić information content (AvgIpc) is 3.31. The highest BCUT2D eigenvalue weighted by Crippen LogP contribution is 2.39. The fraction of sp³-hybridized carbons (Fsp3) is 0.442. The maximum Gasteiger partial charge on any atom is 0.330 e. The maximum atomic E-state index is 14.4. The van der Waals surface area contributed by atoms with E-state index < -0.39 is 152 Å². The highest BCUT2D eigenvalue weighted by Gasteiger charge is 2.52. The van der Waals surface area contributed by atoms with E-state index in [1.54, 1.807) is 0 Å². The first-order valence-electron chi connectivity index (χ1n) is 20.4. The molecule has 1 aromatic heterocycles. The number of hydrogen-bond acceptors (Lipinski definition) is 24. The number of ether oxygens (including phenoxy) is 8. The second-order valence-electron chi connectivity index (χ2n) is 15.6. The van der Waals surface area contributed by atoms with Crippen molar-refractivity contribution in [3.63, 3.8) is 0 Å². The third kappa shape index (κ3) is 10.3. The van der Waals surface area contributed by atoms with Crippen LogP contribution in [-0.2, 0) is 28.5 Å². The van der Waals surface area contributed by atoms with Crippen LogP contribution in [0.3, 0.4) is 0 Å². The van der Waals surface area contributed by atoms with E-state index in [4.69, 9.17) is 42.3 Å². The van der Waals surface area contributed by atoms with Gasteiger partial charge in [-0.15, -0.1) is 0 Å². The molecule has 3 aliphatic heterocycles. The standard InChI is InChI=1S/C43H48O24/c1-59-22-10-16(2-8-20(22)47)3-9-27(49)60-15-26-31(52)34(55)36(57)41(65-26)61-19-11-21(48)28-23(12-19)62-38(17-4-6-18(46)7-5-17)39(32(28)53)66-43-40(35(56)30(51)25(14-45)64-43)67-42-37(58)33(54)29(50)24(13-44)63-42/h2-12,24-26,29-31,33-37,40-48,50-52,54-58H,13-15H2,1H3. The number of phenols is 3. The molecule has 0 spiro atoms. The number of fused-ring (bicyclic) bond motifs is 1. The van der Waals surface area contributed by atoms with Crippen LogP contribution in [0, 0.1) is 0 Å². The molecule has 0 bridgehead atoms. The lowest BCUT2D eigenvalue weighted by molar-refractivity contribution is -0.358. The van der Waals surface area contributed by atoms with E-state index >= 15 is 0 Å². The van der Waals surface area contributed by atoms with Crippen molar-refractivity contribution in [2.45, 2.75) is 92.1 Å². The Kier molecular flexibility index (Phi) is 15.2. The molecule has 15 unspecified atom stereocenters. The summed E-state index contributed by atoms with van der Waals surface area (Å²) in [6.45, 7) is -2.43. The summed E-state index contributed by atoms with van der Waals surface area (Å²) in [7, 11) is 1.34. The van der Waals surface area contributed by atoms with Gasteiger partial charge in [-0.25, -0.2) is 4.79 Å². The molecule has 4 aromatic rings. The van der Waals surface area contributed by atoms with E-state index in [-0.39, 0.29) is 28.6 Å². The van der Waals surface area contributed by atoms with Gasteiger partial charge in [-0.1, -0.05) is 6.07 Å². The minimum Gasteiger partial charge on any atom is -0.508 e. The van der Waals surface area contributed by atoms with Gasteiger partial charge in [0, 0.05) is 23.8 Å². The monoisotopic (exact) mass is 948 g/mol. The number of benzene rings is 3. The molecular weight excluding hydrogens is 900 g/mol. The second kappa shape index (κ2) is 20.7. The van der Waals surface area contributed by atoms with Crippen LogP contribution in [-0.4, -0.2) is 191 Å². The Morgan fingerprint density at radius 2 is 1.28 bits per heavy atom. The first kappa shape index (κ1) is 49.2. The summed E-state index contributed by atoms with van der Waals surface area (Å²) in [5.74, 6) is -3.47. The fourth-order valence-electron chi connectivity index (χ4n) is 7.44. The van der Waals surface area contributed by atoms with Gasteiger partial charge in [-0.2, -0.15) is 0 Å². The van der Waals surface area contributed by atoms with Gasteiger partial charge < -0.3 is 109 Å². The molecule has 364 valence electrons. The van der Waals surface area contributed by atoms with Gasteiger partial charge in [0.15, 0.2) is 29.7 Å². The average molecular weight is 949 g/mol. The molecule has 0 radical (unpaired) electrons. The van der Waals surface area contributed by atoms with Crippen LogP contribution < -0.4 is 19.6 Å². The van der Waals surface area contributed by atoms with Crippen molar-refractivity contribution in [1.29, 1.82) is 0 Å². The molecule has 3 saturated heterocycles. The van der Waals surface area contributed by atoms with Crippen molar-refractivity contribution < 1.29 is 113 Å². The zero-order valence-electron chi connectivity index (χ0n) is 34.9. The Morgan fingerprint density at radius 1 is 0.672 bits per heavy atom. The van der Waals surface area contributed by atoms with Crippen LogP contribution in [0.5, 0.6) is 34.5 Å². The van der Waals surface area contributed by atoms with Gasteiger partial charge >= 0.3 is 5.97 Å². The number of phenolic OH excluding ortho intramolecular Hbond substituents is 3. The lowest BCUT2D eigenvalue weighted by atomic mass is 9.97. The van der Waals surface area contributed by atoms with Crippen LogP contribution in [0.15, 0.2) is 69.9 Å². The van der Waals surface area contributed by atoms with Crippen molar-refractivity contribution in [1.82, 2.24) is 0 Å². The second-order valence-corrected chi connectivity index (χ2v) is 15.6. The third-order valence-corrected chi connectivity index (χ3v) is 11.2. The zero-order valence-corrected chi connectivity index (χ0v) is 34.9. The highest BCUT2D eigenvalue weighted by atomic mass is 16.8. The summed E-state index contributed by atoms with van der Waals surface area (Å²) in [6, 6.07) is 11.3. The summed E-state index contributed by atoms with van der Waals surface area (Å²) in [5.41, 5.74) is -1.04. The zero-order chi connectivity index (χ0) is 48.4. The van der Waals surface area contributed by atoms with Crippen molar-refractivity contribution in [2.75, 3.05) is 26.9 Å². The molecule has 0 saturated carbocycles. The summed E-state index contributed by atoms with van der Waals surface area (Å²) in [6.07, 6.45) is -25.2. The molecule has 15 atom stereocenters. The van der Waals surface area contributed by atoms with Crippen LogP contribution in [0.2, 0.25) is 0 Å². The van der Waals surface area contributed by atoms with Gasteiger partial charge in [-0.3, -0.25) is 4.79 Å². The van der Waals surface area contributed by atoms with Crippen LogP contribution >= 0.6 is 0 Å². The van der Waals surface area contributed by atoms with E-state index in [0.29, 0.717) is 5.56 Å². The van der Waals surface area contributed by atoms with Gasteiger partial charge in [0.05, 0.1) is 20.3 Å². The number of aliphatic hydroxyl groups is 10. The molecule has 67 heavy (non-hydrogen) atoms. The number of methoxy groups -OCH3 is 1. The number of carbonyl (C=O) groups is 1. The Hall–Kier alpha value is -5.68. The molecule has 3 aromatic carbocycles. The predicted octanol–water partition coefficient (Wildman–Crippen LogP) is -2.97. The lowest BCUT2D eigenvalue weighted by Gasteiger charge is -2.45. The van der Waals surface area contributed by atoms with E-state index in [1.807, 2.05) is 0 Å². The van der Waals surface area contributed by atoms with Crippen LogP contribution in [0.4, 0.5) is 0 Å². The predicted molar refractivity (Wildman–Crippen MR) is 220 cm³/mol. The quantitative estimate of drug-likeness (QED) is 0.0443. The van der Waals surface area contributed by atoms with Gasteiger partial charge in [-0.05, 0) is 48.0 Å². The molecule has 3 aliphatic rings.